The summed E-state index contributed by atoms with van der Waals surface area (Å²) in [6, 6.07) is 0. The van der Waals surface area contributed by atoms with E-state index in [1.54, 1.807) is 0 Å². The highest BCUT2D eigenvalue weighted by atomic mass is 16.4. The predicted octanol–water partition coefficient (Wildman–Crippen LogP) is 4.34. The van der Waals surface area contributed by atoms with E-state index in [4.69, 9.17) is 0 Å². The minimum absolute atomic E-state index is 0.0388. The molecule has 0 aliphatic heterocycles. The van der Waals surface area contributed by atoms with Gasteiger partial charge in [0.25, 0.3) is 0 Å². The van der Waals surface area contributed by atoms with Gasteiger partial charge >= 0.3 is 0 Å². The van der Waals surface area contributed by atoms with E-state index in [1.807, 2.05) is 0 Å². The topological polar surface area (TPSA) is 60.4 Å². The van der Waals surface area contributed by atoms with Crippen LogP contribution in [0.2, 0.25) is 0 Å². The zero-order valence-corrected chi connectivity index (χ0v) is 18.5. The Morgan fingerprint density at radius 3 is 2.43 bits per heavy atom. The van der Waals surface area contributed by atoms with E-state index >= 15 is 0 Å². The fraction of sp³-hybridized carbons (Fsp3) is 0.880. The molecule has 0 aromatic carbocycles. The molecule has 158 valence electrons. The number of fused-ring (bicyclic) bond motifs is 3. The summed E-state index contributed by atoms with van der Waals surface area (Å²) in [6.07, 6.45) is 7.55. The first kappa shape index (κ1) is 20.4. The molecule has 0 amide bonds. The molecular weight excluding hydrogens is 348 g/mol. The molecule has 0 unspecified atom stereocenters. The monoisotopic (exact) mass is 387 g/mol. The largest absolute Gasteiger partial charge is 0.550 e. The number of allylic oxidation sites excluding steroid dienone is 1. The maximum Gasteiger partial charge on any atom is 0.0890 e. The molecular formula is C25H39O3-. The van der Waals surface area contributed by atoms with Crippen LogP contribution in [-0.4, -0.2) is 16.7 Å². The third-order valence-electron chi connectivity index (χ3n) is 9.90. The summed E-state index contributed by atoms with van der Waals surface area (Å²) in [5, 5.41) is 24.7. The van der Waals surface area contributed by atoms with Crippen LogP contribution in [-0.2, 0) is 4.79 Å². The minimum atomic E-state index is -0.852. The van der Waals surface area contributed by atoms with E-state index in [0.717, 1.165) is 25.7 Å². The first-order valence-corrected chi connectivity index (χ1v) is 11.8. The van der Waals surface area contributed by atoms with Crippen LogP contribution in [0.15, 0.2) is 11.1 Å². The van der Waals surface area contributed by atoms with Gasteiger partial charge in [0.1, 0.15) is 0 Å². The second kappa shape index (κ2) is 6.86. The van der Waals surface area contributed by atoms with Crippen molar-refractivity contribution in [2.24, 2.45) is 46.8 Å². The van der Waals surface area contributed by atoms with Gasteiger partial charge in [0.05, 0.1) is 5.60 Å². The number of rotatable bonds is 2. The predicted molar refractivity (Wildman–Crippen MR) is 109 cm³/mol. The standard InChI is InChI=1S/C25H40O3/c1-14(2)18-10-11-24(23(26)27)12-21-16(4)7-8-19-15(3)6-9-20(19)17(5)25(21,28)13-22(18)24/h14-16,18-19,21-22,28H,6-13H2,1-5H3,(H,26,27)/p-1/b20-17-/t15-,16+,18-,19+,21-,22+,24+,25+/m1/s1. The highest BCUT2D eigenvalue weighted by Gasteiger charge is 2.61. The van der Waals surface area contributed by atoms with Crippen molar-refractivity contribution in [2.45, 2.75) is 91.6 Å². The van der Waals surface area contributed by atoms with Crippen LogP contribution in [0.3, 0.4) is 0 Å². The van der Waals surface area contributed by atoms with Crippen molar-refractivity contribution >= 4 is 5.97 Å². The van der Waals surface area contributed by atoms with Gasteiger partial charge in [-0.1, -0.05) is 33.3 Å². The Bertz CT molecular complexity index is 679. The minimum Gasteiger partial charge on any atom is -0.550 e. The molecule has 28 heavy (non-hydrogen) atoms. The van der Waals surface area contributed by atoms with Crippen LogP contribution in [0, 0.1) is 46.8 Å². The van der Waals surface area contributed by atoms with Crippen LogP contribution in [0.5, 0.6) is 0 Å². The lowest BCUT2D eigenvalue weighted by atomic mass is 9.51. The van der Waals surface area contributed by atoms with Gasteiger partial charge in [0, 0.05) is 11.4 Å². The Hall–Kier alpha value is -0.830. The van der Waals surface area contributed by atoms with Crippen LogP contribution in [0.4, 0.5) is 0 Å². The smallest absolute Gasteiger partial charge is 0.0890 e. The summed E-state index contributed by atoms with van der Waals surface area (Å²) in [7, 11) is 0. The molecule has 8 atom stereocenters. The van der Waals surface area contributed by atoms with Crippen molar-refractivity contribution in [3.05, 3.63) is 11.1 Å². The van der Waals surface area contributed by atoms with E-state index in [2.05, 4.69) is 34.6 Å². The van der Waals surface area contributed by atoms with Crippen molar-refractivity contribution < 1.29 is 15.0 Å². The van der Waals surface area contributed by atoms with Gasteiger partial charge in [-0.25, -0.2) is 0 Å². The number of aliphatic hydroxyl groups is 1. The van der Waals surface area contributed by atoms with Crippen molar-refractivity contribution in [1.82, 2.24) is 0 Å². The van der Waals surface area contributed by atoms with Gasteiger partial charge in [-0.3, -0.25) is 0 Å². The zero-order chi connectivity index (χ0) is 20.4. The maximum atomic E-state index is 12.5. The van der Waals surface area contributed by atoms with Crippen molar-refractivity contribution in [3.63, 3.8) is 0 Å². The lowest BCUT2D eigenvalue weighted by Gasteiger charge is -2.56. The van der Waals surface area contributed by atoms with Gasteiger partial charge < -0.3 is 15.0 Å². The van der Waals surface area contributed by atoms with Crippen LogP contribution < -0.4 is 5.11 Å². The quantitative estimate of drug-likeness (QED) is 0.717. The summed E-state index contributed by atoms with van der Waals surface area (Å²) < 4.78 is 0. The Labute approximate surface area is 171 Å². The molecule has 0 radical (unpaired) electrons. The number of hydrogen-bond donors (Lipinski definition) is 1. The van der Waals surface area contributed by atoms with Gasteiger partial charge in [-0.2, -0.15) is 0 Å². The Balaban J connectivity index is 1.81. The molecule has 1 N–H and O–H groups in total. The van der Waals surface area contributed by atoms with Crippen molar-refractivity contribution in [3.8, 4) is 0 Å². The molecule has 0 heterocycles. The van der Waals surface area contributed by atoms with Crippen LogP contribution in [0.25, 0.3) is 0 Å². The number of carboxylic acid groups (broad SMARTS) is 1. The molecule has 4 aliphatic carbocycles. The molecule has 0 saturated heterocycles. The first-order chi connectivity index (χ1) is 13.1. The first-order valence-electron chi connectivity index (χ1n) is 11.8. The molecule has 3 saturated carbocycles. The number of carbonyl (C=O) groups is 1. The molecule has 0 aromatic rings. The zero-order valence-electron chi connectivity index (χ0n) is 18.5. The van der Waals surface area contributed by atoms with Crippen LogP contribution in [0.1, 0.15) is 86.0 Å². The molecule has 4 rings (SSSR count). The Morgan fingerprint density at radius 2 is 1.79 bits per heavy atom. The highest BCUT2D eigenvalue weighted by molar-refractivity contribution is 5.74. The van der Waals surface area contributed by atoms with Gasteiger partial charge in [0.15, 0.2) is 0 Å². The molecule has 3 nitrogen and oxygen atoms in total. The average molecular weight is 388 g/mol. The average Bonchev–Trinajstić information content (AvgIpc) is 3.18. The summed E-state index contributed by atoms with van der Waals surface area (Å²) in [6.45, 7) is 11.2. The molecule has 3 heteroatoms. The lowest BCUT2D eigenvalue weighted by molar-refractivity contribution is -0.326. The van der Waals surface area contributed by atoms with E-state index in [9.17, 15) is 15.0 Å². The summed E-state index contributed by atoms with van der Waals surface area (Å²) in [4.78, 5) is 12.5. The van der Waals surface area contributed by atoms with Crippen molar-refractivity contribution in [1.29, 1.82) is 0 Å². The molecule has 3 fully saturated rings. The molecule has 0 spiro atoms. The molecule has 0 aromatic heterocycles. The Kier molecular flexibility index (Phi) is 5.01. The number of hydrogen-bond acceptors (Lipinski definition) is 3. The molecule has 0 bridgehead atoms. The number of aliphatic carboxylic acids is 1. The number of carbonyl (C=O) groups excluding carboxylic acids is 1. The fourth-order valence-corrected chi connectivity index (χ4v) is 8.07. The number of carboxylic acids is 1. The third kappa shape index (κ3) is 2.75. The summed E-state index contributed by atoms with van der Waals surface area (Å²) in [5.74, 6) is 1.72. The van der Waals surface area contributed by atoms with Gasteiger partial charge in [0.2, 0.25) is 0 Å². The normalized spacial score (nSPS) is 51.2. The van der Waals surface area contributed by atoms with E-state index in [1.165, 1.54) is 24.0 Å². The SMILES string of the molecule is C/C1=C2\CC[C@@H](C)[C@@H]2CC[C@H](C)[C@H]2C[C@@]3(C(=O)[O-])CC[C@H](C(C)C)[C@@H]3C[C@]12O. The van der Waals surface area contributed by atoms with Gasteiger partial charge in [-0.15, -0.1) is 0 Å². The van der Waals surface area contributed by atoms with Crippen LogP contribution >= 0.6 is 0 Å². The highest BCUT2D eigenvalue weighted by Crippen LogP contribution is 2.64. The second-order valence-electron chi connectivity index (χ2n) is 11.3. The van der Waals surface area contributed by atoms with Crippen molar-refractivity contribution in [2.75, 3.05) is 0 Å². The third-order valence-corrected chi connectivity index (χ3v) is 9.90. The summed E-state index contributed by atoms with van der Waals surface area (Å²) in [5.41, 5.74) is 1.15. The van der Waals surface area contributed by atoms with E-state index in [0.29, 0.717) is 42.4 Å². The second-order valence-corrected chi connectivity index (χ2v) is 11.3. The molecule has 4 aliphatic rings. The lowest BCUT2D eigenvalue weighted by Crippen LogP contribution is -2.59. The Morgan fingerprint density at radius 1 is 1.07 bits per heavy atom. The van der Waals surface area contributed by atoms with Gasteiger partial charge in [-0.05, 0) is 105 Å². The maximum absolute atomic E-state index is 12.5. The summed E-state index contributed by atoms with van der Waals surface area (Å²) >= 11 is 0. The van der Waals surface area contributed by atoms with E-state index < -0.39 is 17.0 Å². The fourth-order valence-electron chi connectivity index (χ4n) is 8.07. The van der Waals surface area contributed by atoms with E-state index in [-0.39, 0.29) is 11.8 Å².